The van der Waals surface area contributed by atoms with Crippen molar-refractivity contribution in [1.29, 1.82) is 0 Å². The SMILES string of the molecule is CC[Si](CC)(CC)c1cc(Br)nc(/C(C)=N\[S@](=O)C(C)(C)C)c1F. The molecular formula is C17H28BrFN2OSSi. The predicted octanol–water partition coefficient (Wildman–Crippen LogP) is 4.97. The molecule has 1 heterocycles. The van der Waals surface area contributed by atoms with Gasteiger partial charge in [0.25, 0.3) is 0 Å². The Balaban J connectivity index is 3.53. The molecule has 1 rings (SSSR count). The molecule has 1 aromatic rings. The molecule has 136 valence electrons. The van der Waals surface area contributed by atoms with Gasteiger partial charge in [-0.1, -0.05) is 38.9 Å². The Bertz CT molecular complexity index is 646. The van der Waals surface area contributed by atoms with Crippen LogP contribution in [0.3, 0.4) is 0 Å². The zero-order chi connectivity index (χ0) is 18.7. The van der Waals surface area contributed by atoms with Crippen LogP contribution in [0.2, 0.25) is 18.1 Å². The van der Waals surface area contributed by atoms with E-state index < -0.39 is 23.8 Å². The van der Waals surface area contributed by atoms with Crippen LogP contribution in [0.25, 0.3) is 0 Å². The summed E-state index contributed by atoms with van der Waals surface area (Å²) < 4.78 is 31.9. The monoisotopic (exact) mass is 434 g/mol. The van der Waals surface area contributed by atoms with Gasteiger partial charge in [-0.05, 0) is 54.9 Å². The normalized spacial score (nSPS) is 14.8. The summed E-state index contributed by atoms with van der Waals surface area (Å²) >= 11 is 3.41. The average molecular weight is 435 g/mol. The highest BCUT2D eigenvalue weighted by atomic mass is 79.9. The van der Waals surface area contributed by atoms with Gasteiger partial charge in [0.15, 0.2) is 0 Å². The Labute approximate surface area is 157 Å². The van der Waals surface area contributed by atoms with Crippen molar-refractivity contribution in [3.05, 3.63) is 22.2 Å². The van der Waals surface area contributed by atoms with Gasteiger partial charge in [-0.3, -0.25) is 0 Å². The van der Waals surface area contributed by atoms with Crippen LogP contribution in [0.4, 0.5) is 4.39 Å². The minimum atomic E-state index is -1.90. The van der Waals surface area contributed by atoms with Gasteiger partial charge in [0.1, 0.15) is 27.1 Å². The fourth-order valence-electron chi connectivity index (χ4n) is 2.75. The number of hydrogen-bond acceptors (Lipinski definition) is 2. The van der Waals surface area contributed by atoms with Gasteiger partial charge in [-0.25, -0.2) is 13.6 Å². The van der Waals surface area contributed by atoms with E-state index in [2.05, 4.69) is 46.1 Å². The van der Waals surface area contributed by atoms with E-state index in [1.165, 1.54) is 0 Å². The van der Waals surface area contributed by atoms with E-state index in [4.69, 9.17) is 0 Å². The molecule has 0 aliphatic rings. The fraction of sp³-hybridized carbons (Fsp3) is 0.647. The van der Waals surface area contributed by atoms with Crippen LogP contribution in [-0.2, 0) is 11.0 Å². The maximum absolute atomic E-state index is 15.3. The lowest BCUT2D eigenvalue weighted by atomic mass is 10.2. The van der Waals surface area contributed by atoms with E-state index in [9.17, 15) is 4.21 Å². The third kappa shape index (κ3) is 4.61. The van der Waals surface area contributed by atoms with Crippen LogP contribution in [-0.4, -0.2) is 27.7 Å². The van der Waals surface area contributed by atoms with Crippen LogP contribution < -0.4 is 5.19 Å². The molecule has 1 aromatic heterocycles. The summed E-state index contributed by atoms with van der Waals surface area (Å²) in [5, 5.41) is 0.794. The summed E-state index contributed by atoms with van der Waals surface area (Å²) in [5.74, 6) is -0.289. The molecule has 7 heteroatoms. The Hall–Kier alpha value is -0.403. The minimum Gasteiger partial charge on any atom is -0.237 e. The lowest BCUT2D eigenvalue weighted by Gasteiger charge is -2.29. The lowest BCUT2D eigenvalue weighted by molar-refractivity contribution is 0.624. The largest absolute Gasteiger partial charge is 0.237 e. The minimum absolute atomic E-state index is 0.212. The van der Waals surface area contributed by atoms with Crippen molar-refractivity contribution in [1.82, 2.24) is 4.98 Å². The highest BCUT2D eigenvalue weighted by Crippen LogP contribution is 2.24. The molecule has 0 radical (unpaired) electrons. The van der Waals surface area contributed by atoms with E-state index in [0.717, 1.165) is 23.3 Å². The summed E-state index contributed by atoms with van der Waals surface area (Å²) in [6.07, 6.45) is 0. The second-order valence-corrected chi connectivity index (χ2v) is 15.0. The third-order valence-corrected chi connectivity index (χ3v) is 12.1. The smallest absolute Gasteiger partial charge is 0.150 e. The van der Waals surface area contributed by atoms with Gasteiger partial charge >= 0.3 is 0 Å². The molecule has 1 atom stereocenters. The van der Waals surface area contributed by atoms with Gasteiger partial charge in [0.2, 0.25) is 0 Å². The first-order valence-corrected chi connectivity index (χ1v) is 12.9. The molecule has 24 heavy (non-hydrogen) atoms. The number of nitrogens with zero attached hydrogens (tertiary/aromatic N) is 2. The number of aromatic nitrogens is 1. The summed E-state index contributed by atoms with van der Waals surface area (Å²) in [6, 6.07) is 4.78. The summed E-state index contributed by atoms with van der Waals surface area (Å²) in [5.41, 5.74) is 0.596. The summed E-state index contributed by atoms with van der Waals surface area (Å²) in [4.78, 5) is 4.28. The third-order valence-electron chi connectivity index (χ3n) is 4.61. The molecule has 0 aromatic carbocycles. The Kier molecular flexibility index (Phi) is 7.50. The molecule has 0 amide bonds. The summed E-state index contributed by atoms with van der Waals surface area (Å²) in [6.45, 7) is 13.6. The van der Waals surface area contributed by atoms with Gasteiger partial charge in [0.05, 0.1) is 18.5 Å². The first-order valence-electron chi connectivity index (χ1n) is 8.36. The molecule has 0 bridgehead atoms. The lowest BCUT2D eigenvalue weighted by Crippen LogP contribution is -2.48. The van der Waals surface area contributed by atoms with Crippen molar-refractivity contribution in [2.24, 2.45) is 4.40 Å². The second-order valence-electron chi connectivity index (χ2n) is 7.03. The quantitative estimate of drug-likeness (QED) is 0.360. The predicted molar refractivity (Wildman–Crippen MR) is 109 cm³/mol. The fourth-order valence-corrected chi connectivity index (χ4v) is 7.65. The summed E-state index contributed by atoms with van der Waals surface area (Å²) in [7, 11) is -3.34. The number of hydrogen-bond donors (Lipinski definition) is 0. The highest BCUT2D eigenvalue weighted by Gasteiger charge is 2.34. The molecule has 0 aliphatic carbocycles. The van der Waals surface area contributed by atoms with E-state index in [-0.39, 0.29) is 11.5 Å². The number of rotatable bonds is 6. The topological polar surface area (TPSA) is 42.3 Å². The van der Waals surface area contributed by atoms with E-state index in [1.807, 2.05) is 26.8 Å². The molecule has 0 spiro atoms. The first-order chi connectivity index (χ1) is 11.0. The second kappa shape index (κ2) is 8.32. The van der Waals surface area contributed by atoms with Gasteiger partial charge in [-0.15, -0.1) is 0 Å². The zero-order valence-electron chi connectivity index (χ0n) is 15.7. The first kappa shape index (κ1) is 21.6. The Morgan fingerprint density at radius 3 is 2.21 bits per heavy atom. The highest BCUT2D eigenvalue weighted by molar-refractivity contribution is 9.10. The van der Waals surface area contributed by atoms with Crippen molar-refractivity contribution in [3.63, 3.8) is 0 Å². The molecular weight excluding hydrogens is 407 g/mol. The van der Waals surface area contributed by atoms with Gasteiger partial charge in [-0.2, -0.15) is 4.40 Å². The van der Waals surface area contributed by atoms with E-state index in [1.54, 1.807) is 6.92 Å². The van der Waals surface area contributed by atoms with Crippen LogP contribution in [0.15, 0.2) is 15.1 Å². The molecule has 0 unspecified atom stereocenters. The van der Waals surface area contributed by atoms with Crippen molar-refractivity contribution in [3.8, 4) is 0 Å². The Morgan fingerprint density at radius 1 is 1.29 bits per heavy atom. The molecule has 3 nitrogen and oxygen atoms in total. The van der Waals surface area contributed by atoms with Crippen LogP contribution in [0.5, 0.6) is 0 Å². The average Bonchev–Trinajstić information content (AvgIpc) is 2.51. The van der Waals surface area contributed by atoms with Gasteiger partial charge in [0, 0.05) is 0 Å². The maximum Gasteiger partial charge on any atom is 0.150 e. The standard InChI is InChI=1S/C17H28BrFN2OSSi/c1-8-24(9-2,10-3)13-11-14(18)20-16(15(13)19)12(4)21-23(22)17(5,6)7/h11H,8-10H2,1-7H3/b21-12-/t23-/m1/s1. The maximum atomic E-state index is 15.3. The number of halogens is 2. The van der Waals surface area contributed by atoms with Crippen molar-refractivity contribution < 1.29 is 8.60 Å². The molecule has 0 saturated carbocycles. The molecule has 0 saturated heterocycles. The van der Waals surface area contributed by atoms with E-state index in [0.29, 0.717) is 10.3 Å². The van der Waals surface area contributed by atoms with Crippen LogP contribution in [0.1, 0.15) is 54.2 Å². The van der Waals surface area contributed by atoms with Crippen molar-refractivity contribution in [2.75, 3.05) is 0 Å². The van der Waals surface area contributed by atoms with Crippen LogP contribution >= 0.6 is 15.9 Å². The zero-order valence-corrected chi connectivity index (χ0v) is 19.1. The van der Waals surface area contributed by atoms with Crippen molar-refractivity contribution in [2.45, 2.75) is 71.3 Å². The van der Waals surface area contributed by atoms with Crippen molar-refractivity contribution >= 4 is 45.9 Å². The van der Waals surface area contributed by atoms with E-state index >= 15 is 4.39 Å². The Morgan fingerprint density at radius 2 is 1.79 bits per heavy atom. The van der Waals surface area contributed by atoms with Gasteiger partial charge < -0.3 is 0 Å². The van der Waals surface area contributed by atoms with Crippen LogP contribution in [0, 0.1) is 5.82 Å². The molecule has 0 fully saturated rings. The molecule has 0 N–H and O–H groups in total. The molecule has 0 aliphatic heterocycles. The number of pyridine rings is 1.